The van der Waals surface area contributed by atoms with E-state index in [0.717, 1.165) is 40.7 Å². The van der Waals surface area contributed by atoms with Crippen LogP contribution in [0, 0.1) is 0 Å². The summed E-state index contributed by atoms with van der Waals surface area (Å²) in [5.41, 5.74) is 5.27. The number of ether oxygens (including phenoxy) is 3. The lowest BCUT2D eigenvalue weighted by Crippen LogP contribution is -2.33. The summed E-state index contributed by atoms with van der Waals surface area (Å²) in [6, 6.07) is 10.5. The second kappa shape index (κ2) is 12.7. The lowest BCUT2D eigenvalue weighted by atomic mass is 10.1. The second-order valence-corrected chi connectivity index (χ2v) is 9.05. The van der Waals surface area contributed by atoms with Gasteiger partial charge >= 0.3 is 0 Å². The first-order chi connectivity index (χ1) is 18.3. The van der Waals surface area contributed by atoms with Crippen LogP contribution >= 0.6 is 0 Å². The van der Waals surface area contributed by atoms with Crippen LogP contribution in [0.15, 0.2) is 55.1 Å². The third-order valence-corrected chi connectivity index (χ3v) is 6.37. The number of nitrogens with zero attached hydrogens (tertiary/aromatic N) is 6. The highest BCUT2D eigenvalue weighted by atomic mass is 16.5. The molecular weight excluding hydrogens is 468 g/mol. The molecule has 0 bridgehead atoms. The quantitative estimate of drug-likeness (QED) is 0.398. The van der Waals surface area contributed by atoms with E-state index in [4.69, 9.17) is 24.2 Å². The minimum absolute atomic E-state index is 0.573. The molecule has 0 atom stereocenters. The number of aryl methyl sites for hydroxylation is 1. The molecule has 1 aliphatic rings. The van der Waals surface area contributed by atoms with Crippen molar-refractivity contribution in [2.24, 2.45) is 0 Å². The summed E-state index contributed by atoms with van der Waals surface area (Å²) in [5, 5.41) is 0. The third kappa shape index (κ3) is 7.09. The highest BCUT2D eigenvalue weighted by molar-refractivity contribution is 5.45. The summed E-state index contributed by atoms with van der Waals surface area (Å²) in [5.74, 6) is 1.64. The summed E-state index contributed by atoms with van der Waals surface area (Å²) in [6.07, 6.45) is 9.90. The zero-order valence-corrected chi connectivity index (χ0v) is 21.4. The summed E-state index contributed by atoms with van der Waals surface area (Å²) in [4.78, 5) is 21.2. The van der Waals surface area contributed by atoms with Crippen LogP contribution in [0.5, 0.6) is 0 Å². The fraction of sp³-hybridized carbons (Fsp3) is 0.429. The maximum absolute atomic E-state index is 5.80. The van der Waals surface area contributed by atoms with Gasteiger partial charge in [0, 0.05) is 56.1 Å². The fourth-order valence-electron chi connectivity index (χ4n) is 4.38. The van der Waals surface area contributed by atoms with Crippen molar-refractivity contribution >= 4 is 11.5 Å². The molecule has 194 valence electrons. The van der Waals surface area contributed by atoms with Gasteiger partial charge in [-0.2, -0.15) is 0 Å². The smallest absolute Gasteiger partial charge is 0.136 e. The van der Waals surface area contributed by atoms with Gasteiger partial charge in [0.15, 0.2) is 0 Å². The SMILES string of the molecule is CCc1ccnc(Cc2nc(Cc3ccn4ccnc4c3)cc(N3CCOCCOCCOCC3)n2)c1. The average Bonchev–Trinajstić information content (AvgIpc) is 3.37. The first-order valence-corrected chi connectivity index (χ1v) is 13.0. The van der Waals surface area contributed by atoms with E-state index in [0.29, 0.717) is 65.6 Å². The largest absolute Gasteiger partial charge is 0.377 e. The molecule has 1 aliphatic heterocycles. The molecule has 1 fully saturated rings. The molecule has 9 heteroatoms. The Kier molecular flexibility index (Phi) is 8.68. The van der Waals surface area contributed by atoms with Crippen molar-refractivity contribution in [1.29, 1.82) is 0 Å². The molecule has 4 aromatic heterocycles. The van der Waals surface area contributed by atoms with Gasteiger partial charge in [-0.3, -0.25) is 4.98 Å². The zero-order chi connectivity index (χ0) is 25.3. The van der Waals surface area contributed by atoms with E-state index in [-0.39, 0.29) is 0 Å². The van der Waals surface area contributed by atoms with Gasteiger partial charge in [-0.25, -0.2) is 15.0 Å². The molecular formula is C28H34N6O3. The number of pyridine rings is 2. The van der Waals surface area contributed by atoms with Crippen LogP contribution in [0.2, 0.25) is 0 Å². The molecule has 5 heterocycles. The Morgan fingerprint density at radius 2 is 1.51 bits per heavy atom. The number of rotatable bonds is 6. The van der Waals surface area contributed by atoms with Crippen LogP contribution in [-0.2, 0) is 33.5 Å². The maximum Gasteiger partial charge on any atom is 0.136 e. The highest BCUT2D eigenvalue weighted by Crippen LogP contribution is 2.19. The molecule has 0 saturated carbocycles. The van der Waals surface area contributed by atoms with Crippen molar-refractivity contribution in [2.75, 3.05) is 57.6 Å². The van der Waals surface area contributed by atoms with E-state index in [9.17, 15) is 0 Å². The molecule has 1 saturated heterocycles. The first-order valence-electron chi connectivity index (χ1n) is 13.0. The Hall–Kier alpha value is -3.40. The van der Waals surface area contributed by atoms with E-state index in [2.05, 4.69) is 52.1 Å². The van der Waals surface area contributed by atoms with Crippen molar-refractivity contribution in [3.05, 3.63) is 83.5 Å². The topological polar surface area (TPSA) is 86.9 Å². The lowest BCUT2D eigenvalue weighted by molar-refractivity contribution is 0.0125. The van der Waals surface area contributed by atoms with Crippen molar-refractivity contribution in [1.82, 2.24) is 24.3 Å². The number of hydrogen-bond donors (Lipinski definition) is 0. The van der Waals surface area contributed by atoms with Crippen molar-refractivity contribution in [2.45, 2.75) is 26.2 Å². The van der Waals surface area contributed by atoms with Gasteiger partial charge in [-0.15, -0.1) is 0 Å². The van der Waals surface area contributed by atoms with Gasteiger partial charge in [-0.05, 0) is 41.8 Å². The first kappa shape index (κ1) is 25.3. The second-order valence-electron chi connectivity index (χ2n) is 9.05. The molecule has 0 unspecified atom stereocenters. The Morgan fingerprint density at radius 1 is 0.730 bits per heavy atom. The molecule has 5 rings (SSSR count). The van der Waals surface area contributed by atoms with Crippen LogP contribution in [0.1, 0.15) is 35.3 Å². The Bertz CT molecular complexity index is 1280. The fourth-order valence-corrected chi connectivity index (χ4v) is 4.38. The standard InChI is InChI=1S/C28H34N6O3/c1-2-22-3-5-29-24(17-22)20-26-31-25(18-23-4-7-33-8-6-30-27(33)19-23)21-28(32-26)34-9-11-35-13-15-37-16-14-36-12-10-34/h3-8,17,19,21H,2,9-16,18,20H2,1H3. The van der Waals surface area contributed by atoms with Crippen molar-refractivity contribution < 1.29 is 14.2 Å². The van der Waals surface area contributed by atoms with E-state index in [1.54, 1.807) is 0 Å². The van der Waals surface area contributed by atoms with E-state index in [1.807, 2.05) is 29.2 Å². The number of aromatic nitrogens is 5. The molecule has 9 nitrogen and oxygen atoms in total. The van der Waals surface area contributed by atoms with Crippen LogP contribution < -0.4 is 4.90 Å². The Labute approximate surface area is 217 Å². The monoisotopic (exact) mass is 502 g/mol. The van der Waals surface area contributed by atoms with E-state index >= 15 is 0 Å². The summed E-state index contributed by atoms with van der Waals surface area (Å²) < 4.78 is 19.1. The zero-order valence-electron chi connectivity index (χ0n) is 21.4. The normalized spacial score (nSPS) is 15.9. The molecule has 0 N–H and O–H groups in total. The van der Waals surface area contributed by atoms with Crippen molar-refractivity contribution in [3.63, 3.8) is 0 Å². The number of hydrogen-bond acceptors (Lipinski definition) is 8. The Morgan fingerprint density at radius 3 is 2.30 bits per heavy atom. The molecule has 0 aliphatic carbocycles. The van der Waals surface area contributed by atoms with Crippen LogP contribution in [0.3, 0.4) is 0 Å². The molecule has 0 spiro atoms. The number of anilines is 1. The van der Waals surface area contributed by atoms with Gasteiger partial charge < -0.3 is 23.5 Å². The van der Waals surface area contributed by atoms with Gasteiger partial charge in [0.25, 0.3) is 0 Å². The van der Waals surface area contributed by atoms with Crippen LogP contribution in [0.4, 0.5) is 5.82 Å². The minimum Gasteiger partial charge on any atom is -0.377 e. The van der Waals surface area contributed by atoms with Gasteiger partial charge in [0.1, 0.15) is 17.3 Å². The summed E-state index contributed by atoms with van der Waals surface area (Å²) in [7, 11) is 0. The number of imidazole rings is 1. The predicted octanol–water partition coefficient (Wildman–Crippen LogP) is 3.13. The molecule has 4 aromatic rings. The minimum atomic E-state index is 0.573. The molecule has 37 heavy (non-hydrogen) atoms. The molecule has 0 radical (unpaired) electrons. The average molecular weight is 503 g/mol. The molecule has 0 aromatic carbocycles. The maximum atomic E-state index is 5.80. The van der Waals surface area contributed by atoms with E-state index in [1.165, 1.54) is 5.56 Å². The predicted molar refractivity (Wildman–Crippen MR) is 141 cm³/mol. The Balaban J connectivity index is 1.43. The van der Waals surface area contributed by atoms with Crippen molar-refractivity contribution in [3.8, 4) is 0 Å². The van der Waals surface area contributed by atoms with Gasteiger partial charge in [-0.1, -0.05) is 6.92 Å². The van der Waals surface area contributed by atoms with Crippen LogP contribution in [-0.4, -0.2) is 77.1 Å². The highest BCUT2D eigenvalue weighted by Gasteiger charge is 2.15. The van der Waals surface area contributed by atoms with Gasteiger partial charge in [0.05, 0.1) is 51.8 Å². The van der Waals surface area contributed by atoms with Gasteiger partial charge in [0.2, 0.25) is 0 Å². The van der Waals surface area contributed by atoms with Crippen LogP contribution in [0.25, 0.3) is 5.65 Å². The summed E-state index contributed by atoms with van der Waals surface area (Å²) >= 11 is 0. The van der Waals surface area contributed by atoms with E-state index < -0.39 is 0 Å². The third-order valence-electron chi connectivity index (χ3n) is 6.37. The summed E-state index contributed by atoms with van der Waals surface area (Å²) in [6.45, 7) is 7.06. The number of fused-ring (bicyclic) bond motifs is 1. The molecule has 0 amide bonds. The lowest BCUT2D eigenvalue weighted by Gasteiger charge is -2.25.